The van der Waals surface area contributed by atoms with Crippen molar-refractivity contribution in [2.45, 2.75) is 27.7 Å². The van der Waals surface area contributed by atoms with Crippen LogP contribution in [0.4, 0.5) is 0 Å². The summed E-state index contributed by atoms with van der Waals surface area (Å²) in [6.07, 6.45) is 0. The first-order valence-electron chi connectivity index (χ1n) is 14.3. The molecule has 0 spiro atoms. The number of rotatable bonds is 8. The summed E-state index contributed by atoms with van der Waals surface area (Å²) in [6.45, 7) is 4.98. The Labute approximate surface area is 320 Å². The van der Waals surface area contributed by atoms with E-state index >= 15 is 0 Å². The predicted molar refractivity (Wildman–Crippen MR) is 176 cm³/mol. The molecule has 4 N–H and O–H groups in total. The number of Topliss-reactive ketones (excluding diaryl/α,β-unsaturated/α-hetero) is 4. The molecule has 0 radical (unpaired) electrons. The molecule has 0 heterocycles. The van der Waals surface area contributed by atoms with Gasteiger partial charge in [-0.25, -0.2) is 0 Å². The van der Waals surface area contributed by atoms with E-state index < -0.39 is 46.9 Å². The quantitative estimate of drug-likeness (QED) is 0.127. The smallest absolute Gasteiger partial charge is 0.545 e. The molecule has 0 unspecified atom stereocenters. The van der Waals surface area contributed by atoms with Gasteiger partial charge in [-0.3, -0.25) is 19.2 Å². The van der Waals surface area contributed by atoms with E-state index in [-0.39, 0.29) is 94.9 Å². The van der Waals surface area contributed by atoms with Gasteiger partial charge in [0.15, 0.2) is 23.1 Å². The van der Waals surface area contributed by atoms with Crippen LogP contribution in [0.2, 0.25) is 0 Å². The number of carbonyl (C=O) groups excluding carboxylic acids is 8. The van der Waals surface area contributed by atoms with Crippen LogP contribution in [0.3, 0.4) is 0 Å². The van der Waals surface area contributed by atoms with Gasteiger partial charge in [0.1, 0.15) is 23.0 Å². The first kappa shape index (κ1) is 46.6. The van der Waals surface area contributed by atoms with Crippen molar-refractivity contribution in [2.75, 3.05) is 0 Å². The number of phenols is 4. The van der Waals surface area contributed by atoms with Crippen molar-refractivity contribution in [1.29, 1.82) is 0 Å². The minimum Gasteiger partial charge on any atom is -0.545 e. The van der Waals surface area contributed by atoms with Crippen molar-refractivity contribution in [3.05, 3.63) is 117 Å². The molecule has 4 aromatic carbocycles. The van der Waals surface area contributed by atoms with Crippen molar-refractivity contribution < 1.29 is 79.2 Å². The average Bonchev–Trinajstić information content (AvgIpc) is 3.05. The number of hydrogen-bond donors (Lipinski definition) is 4. The van der Waals surface area contributed by atoms with Crippen LogP contribution < -0.4 is 20.4 Å². The molecule has 0 aromatic heterocycles. The average molecular weight is 924 g/mol. The Morgan fingerprint density at radius 2 is 0.472 bits per heavy atom. The van der Waals surface area contributed by atoms with Crippen LogP contribution in [0.25, 0.3) is 0 Å². The number of para-hydroxylation sites is 4. The molecule has 0 saturated carbocycles. The first-order chi connectivity index (χ1) is 24.1. The fourth-order valence-electron chi connectivity index (χ4n) is 3.97. The van der Waals surface area contributed by atoms with Gasteiger partial charge in [-0.15, -0.1) is 0 Å². The minimum atomic E-state index is -1.50. The Kier molecular flexibility index (Phi) is 18.5. The van der Waals surface area contributed by atoms with E-state index in [0.29, 0.717) is 0 Å². The Balaban J connectivity index is 0.000000676. The SMILES string of the molecule is CC(=O)c1cccc(C(=O)[O-])c1O.CC(=O)c1cccc(C(=O)[O-])c1O.CC(=O)c1cccc(C(=O)[O-])c1O.CC(=O)c1cccc(C(=O)[O-])c1O.[Pb+4]. The second-order valence-corrected chi connectivity index (χ2v) is 10.2. The molecular formula is C36H28O16Pb. The summed E-state index contributed by atoms with van der Waals surface area (Å²) in [6, 6.07) is 15.6. The van der Waals surface area contributed by atoms with Crippen LogP contribution in [0.15, 0.2) is 72.8 Å². The molecule has 16 nitrogen and oxygen atoms in total. The van der Waals surface area contributed by atoms with Gasteiger partial charge in [-0.1, -0.05) is 24.3 Å². The topological polar surface area (TPSA) is 310 Å². The third kappa shape index (κ3) is 13.0. The summed E-state index contributed by atoms with van der Waals surface area (Å²) < 4.78 is 0. The number of hydrogen-bond acceptors (Lipinski definition) is 16. The second-order valence-electron chi connectivity index (χ2n) is 10.2. The third-order valence-corrected chi connectivity index (χ3v) is 6.54. The van der Waals surface area contributed by atoms with Crippen molar-refractivity contribution in [3.63, 3.8) is 0 Å². The molecule has 0 aliphatic heterocycles. The van der Waals surface area contributed by atoms with Gasteiger partial charge in [0, 0.05) is 22.3 Å². The van der Waals surface area contributed by atoms with E-state index in [4.69, 9.17) is 0 Å². The zero-order valence-corrected chi connectivity index (χ0v) is 32.0. The molecule has 0 fully saturated rings. The van der Waals surface area contributed by atoms with Crippen molar-refractivity contribution in [2.24, 2.45) is 0 Å². The maximum Gasteiger partial charge on any atom is 4.00 e. The molecular weight excluding hydrogens is 896 g/mol. The standard InChI is InChI=1S/4C9H8O4.Pb/c4*1-5(10)6-3-2-4-7(8(6)11)9(12)13;/h4*2-4,11H,1H3,(H,12,13);/q;;;;+4/p-4. The number of carboxylic acid groups (broad SMARTS) is 4. The molecule has 0 saturated heterocycles. The summed E-state index contributed by atoms with van der Waals surface area (Å²) in [7, 11) is 0. The number of benzene rings is 4. The van der Waals surface area contributed by atoms with Crippen molar-refractivity contribution >= 4 is 74.3 Å². The van der Waals surface area contributed by atoms with Gasteiger partial charge in [0.25, 0.3) is 0 Å². The molecule has 0 aliphatic rings. The van der Waals surface area contributed by atoms with Gasteiger partial charge in [0.2, 0.25) is 0 Å². The van der Waals surface area contributed by atoms with Gasteiger partial charge >= 0.3 is 27.3 Å². The van der Waals surface area contributed by atoms with Crippen LogP contribution in [0.1, 0.15) is 111 Å². The van der Waals surface area contributed by atoms with Crippen LogP contribution in [0.5, 0.6) is 23.0 Å². The zero-order chi connectivity index (χ0) is 40.0. The summed E-state index contributed by atoms with van der Waals surface area (Å²) in [5, 5.41) is 78.8. The van der Waals surface area contributed by atoms with Gasteiger partial charge in [-0.2, -0.15) is 0 Å². The molecule has 4 aromatic rings. The van der Waals surface area contributed by atoms with E-state index in [9.17, 15) is 79.2 Å². The Morgan fingerprint density at radius 3 is 0.585 bits per heavy atom. The molecule has 0 bridgehead atoms. The van der Waals surface area contributed by atoms with Gasteiger partial charge in [-0.05, 0) is 76.2 Å². The Morgan fingerprint density at radius 1 is 0.340 bits per heavy atom. The van der Waals surface area contributed by atoms with E-state index in [1.165, 1.54) is 100 Å². The van der Waals surface area contributed by atoms with E-state index in [1.807, 2.05) is 0 Å². The molecule has 17 heteroatoms. The number of ketones is 4. The molecule has 0 amide bonds. The summed E-state index contributed by atoms with van der Waals surface area (Å²) in [5.41, 5.74) is -1.52. The fraction of sp³-hybridized carbons (Fsp3) is 0.111. The van der Waals surface area contributed by atoms with E-state index in [1.54, 1.807) is 0 Å². The molecule has 0 aliphatic carbocycles. The van der Waals surface area contributed by atoms with Crippen LogP contribution in [-0.4, -0.2) is 94.7 Å². The maximum absolute atomic E-state index is 10.9. The first-order valence-corrected chi connectivity index (χ1v) is 14.3. The van der Waals surface area contributed by atoms with Gasteiger partial charge < -0.3 is 60.0 Å². The number of aromatic hydroxyl groups is 4. The predicted octanol–water partition coefficient (Wildman–Crippen LogP) is -0.548. The van der Waals surface area contributed by atoms with Crippen molar-refractivity contribution in [3.8, 4) is 23.0 Å². The zero-order valence-electron chi connectivity index (χ0n) is 28.1. The van der Waals surface area contributed by atoms with E-state index in [0.717, 1.165) is 0 Å². The summed E-state index contributed by atoms with van der Waals surface area (Å²) in [5.74, 6) is -9.68. The molecule has 4 rings (SSSR count). The number of aromatic carboxylic acids is 4. The number of carboxylic acids is 4. The van der Waals surface area contributed by atoms with E-state index in [2.05, 4.69) is 0 Å². The second kappa shape index (κ2) is 21.0. The Bertz CT molecular complexity index is 1640. The maximum atomic E-state index is 10.9. The summed E-state index contributed by atoms with van der Waals surface area (Å²) in [4.78, 5) is 85.1. The minimum absolute atomic E-state index is 0. The van der Waals surface area contributed by atoms with Crippen molar-refractivity contribution in [1.82, 2.24) is 0 Å². The monoisotopic (exact) mass is 924 g/mol. The fourth-order valence-corrected chi connectivity index (χ4v) is 3.97. The van der Waals surface area contributed by atoms with Crippen LogP contribution in [-0.2, 0) is 0 Å². The third-order valence-electron chi connectivity index (χ3n) is 6.54. The van der Waals surface area contributed by atoms with Crippen LogP contribution in [0, 0.1) is 0 Å². The molecule has 0 atom stereocenters. The van der Waals surface area contributed by atoms with Gasteiger partial charge in [0.05, 0.1) is 46.1 Å². The molecule has 53 heavy (non-hydrogen) atoms. The molecule has 272 valence electrons. The normalized spacial score (nSPS) is 9.43. The summed E-state index contributed by atoms with van der Waals surface area (Å²) >= 11 is 0. The Hall–Kier alpha value is -6.44. The van der Waals surface area contributed by atoms with Crippen LogP contribution >= 0.6 is 0 Å². The largest absolute Gasteiger partial charge is 4.00 e. The number of carbonyl (C=O) groups is 8.